The standard InChI is InChI=1S/C37H35FN10O18S6/c1-2-16-69(52,53)24-8-3-21(4-9-24)40-36-42-35(38)43-37(44-36)41-23-7-14-31(72(59,60)61)29(18-23)46-48-33-30(67-65-63-50)19-27-26(34(33)49)12-13-28(39-20-71(56,57)58)32(27)47-45-22-5-10-25(11-6-22)70(54,55)17-15-62-68-66-64-51/h3-14,18-19,39,49-51H,2,15-17,20H2,1H3,(H,56,57,58)(H,59,60,61)(H2,40,41,42,43,44). The molecule has 1 heterocycles. The number of nitrogens with one attached hydrogen (secondary N) is 3. The summed E-state index contributed by atoms with van der Waals surface area (Å²) in [4.78, 5) is 10.1. The third-order valence-electron chi connectivity index (χ3n) is 9.11. The molecule has 0 aliphatic carbocycles. The van der Waals surface area contributed by atoms with Crippen LogP contribution in [0.2, 0.25) is 0 Å². The maximum atomic E-state index is 14.7. The highest BCUT2D eigenvalue weighted by molar-refractivity contribution is 7.94. The van der Waals surface area contributed by atoms with E-state index in [0.717, 1.165) is 18.2 Å². The molecule has 72 heavy (non-hydrogen) atoms. The molecule has 35 heteroatoms. The summed E-state index contributed by atoms with van der Waals surface area (Å²) in [7, 11) is -17.1. The molecular weight excluding hydrogens is 1080 g/mol. The summed E-state index contributed by atoms with van der Waals surface area (Å²) in [6, 6.07) is 17.2. The van der Waals surface area contributed by atoms with Gasteiger partial charge in [0.2, 0.25) is 11.9 Å². The van der Waals surface area contributed by atoms with Gasteiger partial charge in [-0.1, -0.05) is 17.0 Å². The molecule has 28 nitrogen and oxygen atoms in total. The fraction of sp³-hybridized carbons (Fsp3) is 0.162. The fourth-order valence-electron chi connectivity index (χ4n) is 6.04. The maximum absolute atomic E-state index is 14.7. The first-order valence-corrected chi connectivity index (χ1v) is 27.4. The van der Waals surface area contributed by atoms with Crippen molar-refractivity contribution in [3.05, 3.63) is 91.0 Å². The number of anilines is 5. The van der Waals surface area contributed by atoms with Crippen LogP contribution in [0.5, 0.6) is 5.75 Å². The Balaban J connectivity index is 1.35. The molecule has 0 saturated carbocycles. The van der Waals surface area contributed by atoms with Gasteiger partial charge in [0.15, 0.2) is 37.7 Å². The largest absolute Gasteiger partial charge is 0.505 e. The Morgan fingerprint density at radius 3 is 1.92 bits per heavy atom. The van der Waals surface area contributed by atoms with E-state index < -0.39 is 85.6 Å². The van der Waals surface area contributed by atoms with Gasteiger partial charge in [0, 0.05) is 22.1 Å². The summed E-state index contributed by atoms with van der Waals surface area (Å²) in [5.74, 6) is -3.09. The minimum atomic E-state index is -5.05. The number of phenolic OH excluding ortho intramolecular Hbond substituents is 1. The highest BCUT2D eigenvalue weighted by Gasteiger charge is 2.23. The van der Waals surface area contributed by atoms with Gasteiger partial charge in [-0.25, -0.2) is 27.4 Å². The Morgan fingerprint density at radius 2 is 1.29 bits per heavy atom. The Morgan fingerprint density at radius 1 is 0.681 bits per heavy atom. The van der Waals surface area contributed by atoms with Crippen LogP contribution < -0.4 is 16.0 Å². The van der Waals surface area contributed by atoms with Gasteiger partial charge in [-0.05, 0) is 91.3 Å². The quantitative estimate of drug-likeness (QED) is 0.00670. The maximum Gasteiger partial charge on any atom is 0.315 e. The van der Waals surface area contributed by atoms with Crippen molar-refractivity contribution in [2.75, 3.05) is 39.9 Å². The molecule has 384 valence electrons. The number of benzene rings is 5. The zero-order valence-corrected chi connectivity index (χ0v) is 41.0. The lowest BCUT2D eigenvalue weighted by molar-refractivity contribution is -0.434. The average Bonchev–Trinajstić information content (AvgIpc) is 3.31. The van der Waals surface area contributed by atoms with Crippen LogP contribution in [0.25, 0.3) is 10.8 Å². The van der Waals surface area contributed by atoms with E-state index in [9.17, 15) is 52.3 Å². The van der Waals surface area contributed by atoms with E-state index in [4.69, 9.17) is 14.7 Å². The number of fused-ring (bicyclic) bond motifs is 1. The van der Waals surface area contributed by atoms with Crippen LogP contribution in [-0.4, -0.2) is 97.3 Å². The molecule has 8 N–H and O–H groups in total. The molecule has 6 rings (SSSR count). The highest BCUT2D eigenvalue weighted by atomic mass is 32.2. The topological polar surface area (TPSA) is 408 Å². The number of hydrogen-bond acceptors (Lipinski definition) is 28. The van der Waals surface area contributed by atoms with Crippen LogP contribution in [0.4, 0.5) is 56.1 Å². The second kappa shape index (κ2) is 24.0. The van der Waals surface area contributed by atoms with Gasteiger partial charge < -0.3 is 21.1 Å². The van der Waals surface area contributed by atoms with Gasteiger partial charge in [-0.3, -0.25) is 13.3 Å². The number of azo groups is 2. The first-order valence-electron chi connectivity index (χ1n) is 19.6. The zero-order valence-electron chi connectivity index (χ0n) is 36.1. The minimum Gasteiger partial charge on any atom is -0.505 e. The van der Waals surface area contributed by atoms with Crippen molar-refractivity contribution >= 4 is 127 Å². The fourth-order valence-corrected chi connectivity index (χ4v) is 10.2. The first-order chi connectivity index (χ1) is 34.1. The summed E-state index contributed by atoms with van der Waals surface area (Å²) in [6.45, 7) is 1.36. The van der Waals surface area contributed by atoms with Crippen LogP contribution in [0.15, 0.2) is 125 Å². The molecule has 0 fully saturated rings. The molecule has 0 unspecified atom stereocenters. The predicted octanol–water partition coefficient (Wildman–Crippen LogP) is 8.08. The summed E-state index contributed by atoms with van der Waals surface area (Å²) in [6.07, 6.45) is -0.866. The van der Waals surface area contributed by atoms with Gasteiger partial charge >= 0.3 is 6.08 Å². The number of rotatable bonds is 25. The second-order valence-corrected chi connectivity index (χ2v) is 22.3. The second-order valence-electron chi connectivity index (χ2n) is 14.0. The number of aromatic nitrogens is 3. The van der Waals surface area contributed by atoms with E-state index in [0.29, 0.717) is 6.42 Å². The number of sulfone groups is 2. The van der Waals surface area contributed by atoms with Crippen LogP contribution >= 0.6 is 24.4 Å². The van der Waals surface area contributed by atoms with Crippen molar-refractivity contribution in [2.45, 2.75) is 32.9 Å². The molecule has 6 aromatic rings. The first kappa shape index (κ1) is 55.2. The highest BCUT2D eigenvalue weighted by Crippen LogP contribution is 2.48. The van der Waals surface area contributed by atoms with Crippen LogP contribution in [0.3, 0.4) is 0 Å². The van der Waals surface area contributed by atoms with E-state index in [2.05, 4.69) is 70.1 Å². The van der Waals surface area contributed by atoms with Gasteiger partial charge in [0.05, 0.1) is 56.2 Å². The number of aromatic hydroxyl groups is 1. The Labute approximate surface area is 415 Å². The third kappa shape index (κ3) is 15.0. The van der Waals surface area contributed by atoms with Crippen molar-refractivity contribution in [3.63, 3.8) is 0 Å². The Kier molecular flexibility index (Phi) is 18.4. The van der Waals surface area contributed by atoms with Crippen LogP contribution in [-0.2, 0) is 62.8 Å². The lowest BCUT2D eigenvalue weighted by Crippen LogP contribution is -2.13. The predicted molar refractivity (Wildman–Crippen MR) is 253 cm³/mol. The van der Waals surface area contributed by atoms with Crippen LogP contribution in [0.1, 0.15) is 13.3 Å². The Hall–Kier alpha value is -6.16. The zero-order chi connectivity index (χ0) is 52.3. The summed E-state index contributed by atoms with van der Waals surface area (Å²) >= 11 is 0.407. The van der Waals surface area contributed by atoms with Gasteiger partial charge in [-0.2, -0.15) is 41.3 Å². The Bertz CT molecular complexity index is 3460. The summed E-state index contributed by atoms with van der Waals surface area (Å²) < 4.78 is 146. The SMILES string of the molecule is CCCS(=O)(=O)c1ccc(Nc2nc(F)nc(Nc3ccc(S(=O)(=O)O)c(N=Nc4c(SOOO)cc5c(N=Nc6ccc(S(=O)(=O)CCOSOOO)cc6)c(NCS(=O)(=O)O)ccc5c4O)c3)n2)cc1. The van der Waals surface area contributed by atoms with Gasteiger partial charge in [0.1, 0.15) is 27.8 Å². The molecule has 1 aromatic heterocycles. The molecule has 0 amide bonds. The molecule has 5 aromatic carbocycles. The van der Waals surface area contributed by atoms with E-state index in [1.54, 1.807) is 6.92 Å². The molecular formula is C37H35FN10O18S6. The molecule has 0 aliphatic rings. The van der Waals surface area contributed by atoms with Crippen molar-refractivity contribution in [1.82, 2.24) is 15.0 Å². The van der Waals surface area contributed by atoms with E-state index in [1.807, 2.05) is 0 Å². The average molecular weight is 1120 g/mol. The molecule has 0 atom stereocenters. The smallest absolute Gasteiger partial charge is 0.315 e. The third-order valence-corrected chi connectivity index (χ3v) is 15.1. The molecule has 0 radical (unpaired) electrons. The minimum absolute atomic E-state index is 0.0487. The van der Waals surface area contributed by atoms with Crippen molar-refractivity contribution in [1.29, 1.82) is 0 Å². The lowest BCUT2D eigenvalue weighted by Gasteiger charge is -2.14. The summed E-state index contributed by atoms with van der Waals surface area (Å²) in [5, 5.41) is 59.9. The van der Waals surface area contributed by atoms with Crippen molar-refractivity contribution in [2.24, 2.45) is 20.5 Å². The number of nitrogens with zero attached hydrogens (tertiary/aromatic N) is 7. The molecule has 0 bridgehead atoms. The van der Waals surface area contributed by atoms with E-state index >= 15 is 0 Å². The van der Waals surface area contributed by atoms with E-state index in [-0.39, 0.29) is 96.6 Å². The van der Waals surface area contributed by atoms with E-state index in [1.165, 1.54) is 66.7 Å². The lowest BCUT2D eigenvalue weighted by atomic mass is 10.1. The van der Waals surface area contributed by atoms with Crippen molar-refractivity contribution in [3.8, 4) is 5.75 Å². The number of halogens is 1. The molecule has 0 spiro atoms. The van der Waals surface area contributed by atoms with Crippen molar-refractivity contribution < 1.29 is 85.7 Å². The monoisotopic (exact) mass is 1120 g/mol. The number of hydrogen-bond donors (Lipinski definition) is 8. The molecule has 0 saturated heterocycles. The normalized spacial score (nSPS) is 12.5. The summed E-state index contributed by atoms with van der Waals surface area (Å²) in [5.41, 5.74) is -1.11. The molecule has 0 aliphatic heterocycles. The van der Waals surface area contributed by atoms with Gasteiger partial charge in [-0.15, -0.1) is 24.0 Å². The van der Waals surface area contributed by atoms with Gasteiger partial charge in [0.25, 0.3) is 20.2 Å². The van der Waals surface area contributed by atoms with Crippen LogP contribution in [0, 0.1) is 6.08 Å². The number of phenols is 1.